The molecule has 2 heteroatoms. The summed E-state index contributed by atoms with van der Waals surface area (Å²) in [6, 6.07) is 0. The first-order chi connectivity index (χ1) is 3.27. The van der Waals surface area contributed by atoms with Crippen molar-refractivity contribution in [3.05, 3.63) is 0 Å². The van der Waals surface area contributed by atoms with E-state index in [1.807, 2.05) is 11.8 Å². The highest BCUT2D eigenvalue weighted by Crippen LogP contribution is 2.08. The fourth-order valence-corrected chi connectivity index (χ4v) is 1.60. The molecule has 0 amide bonds. The third-order valence-electron chi connectivity index (χ3n) is 0.528. The lowest BCUT2D eigenvalue weighted by molar-refractivity contribution is 1.11. The second-order valence-corrected chi connectivity index (χ2v) is 4.37. The van der Waals surface area contributed by atoms with Gasteiger partial charge < -0.3 is 0 Å². The van der Waals surface area contributed by atoms with Gasteiger partial charge in [-0.2, -0.15) is 11.8 Å². The van der Waals surface area contributed by atoms with Crippen molar-refractivity contribution in [3.8, 4) is 0 Å². The van der Waals surface area contributed by atoms with E-state index in [4.69, 9.17) is 0 Å². The Hall–Kier alpha value is 1.08. The highest BCUT2D eigenvalue weighted by Gasteiger charge is 1.89. The number of hydrogen-bond acceptors (Lipinski definition) is 1. The van der Waals surface area contributed by atoms with Crippen molar-refractivity contribution >= 4 is 34.4 Å². The summed E-state index contributed by atoms with van der Waals surface area (Å²) in [5.74, 6) is 1.30. The minimum Gasteiger partial charge on any atom is -0.158 e. The van der Waals surface area contributed by atoms with Gasteiger partial charge in [-0.25, -0.2) is 0 Å². The monoisotopic (exact) mass is 230 g/mol. The highest BCUT2D eigenvalue weighted by atomic mass is 127. The standard InChI is InChI=1S/C5H11IS/c1-5(2)7-4-3-6/h5H,3-4H2,1-2H3. The van der Waals surface area contributed by atoms with E-state index in [-0.39, 0.29) is 0 Å². The topological polar surface area (TPSA) is 0 Å². The van der Waals surface area contributed by atoms with Gasteiger partial charge in [0, 0.05) is 10.2 Å². The zero-order chi connectivity index (χ0) is 5.70. The lowest BCUT2D eigenvalue weighted by atomic mass is 10.6. The molecule has 0 spiro atoms. The molecule has 0 fully saturated rings. The minimum atomic E-state index is 0.815. The van der Waals surface area contributed by atoms with Crippen molar-refractivity contribution in [1.82, 2.24) is 0 Å². The normalized spacial score (nSPS) is 10.3. The van der Waals surface area contributed by atoms with Crippen molar-refractivity contribution in [2.45, 2.75) is 19.1 Å². The molecule has 44 valence electrons. The Kier molecular flexibility index (Phi) is 6.03. The number of alkyl halides is 1. The average molecular weight is 230 g/mol. The van der Waals surface area contributed by atoms with Crippen LogP contribution in [0.2, 0.25) is 0 Å². The number of halogens is 1. The summed E-state index contributed by atoms with van der Waals surface area (Å²) in [6.07, 6.45) is 0. The molecule has 0 aromatic rings. The molecule has 0 atom stereocenters. The van der Waals surface area contributed by atoms with Gasteiger partial charge >= 0.3 is 0 Å². The van der Waals surface area contributed by atoms with Gasteiger partial charge in [-0.1, -0.05) is 36.4 Å². The van der Waals surface area contributed by atoms with E-state index >= 15 is 0 Å². The Morgan fingerprint density at radius 2 is 2.14 bits per heavy atom. The first-order valence-corrected chi connectivity index (χ1v) is 5.02. The molecule has 0 bridgehead atoms. The third-order valence-corrected chi connectivity index (χ3v) is 2.91. The molecule has 0 aliphatic carbocycles. The Labute approximate surface area is 63.6 Å². The molecule has 7 heavy (non-hydrogen) atoms. The third kappa shape index (κ3) is 7.08. The molecule has 0 saturated carbocycles. The number of rotatable bonds is 3. The van der Waals surface area contributed by atoms with Crippen LogP contribution in [0.25, 0.3) is 0 Å². The van der Waals surface area contributed by atoms with Gasteiger partial charge in [-0.05, 0) is 5.25 Å². The van der Waals surface area contributed by atoms with E-state index in [9.17, 15) is 0 Å². The summed E-state index contributed by atoms with van der Waals surface area (Å²) in [6.45, 7) is 4.47. The first-order valence-electron chi connectivity index (χ1n) is 2.45. The van der Waals surface area contributed by atoms with Crippen molar-refractivity contribution < 1.29 is 0 Å². The van der Waals surface area contributed by atoms with Crippen LogP contribution in [-0.2, 0) is 0 Å². The summed E-state index contributed by atoms with van der Waals surface area (Å²) >= 11 is 4.42. The summed E-state index contributed by atoms with van der Waals surface area (Å²) in [7, 11) is 0. The van der Waals surface area contributed by atoms with Crippen LogP contribution in [0.4, 0.5) is 0 Å². The molecule has 0 nitrogen and oxygen atoms in total. The van der Waals surface area contributed by atoms with Crippen LogP contribution in [0.5, 0.6) is 0 Å². The second-order valence-electron chi connectivity index (χ2n) is 1.61. The molecule has 0 aromatic heterocycles. The SMILES string of the molecule is CC(C)SCCI. The second kappa shape index (κ2) is 5.22. The van der Waals surface area contributed by atoms with Crippen LogP contribution < -0.4 is 0 Å². The molecular weight excluding hydrogens is 219 g/mol. The molecule has 0 N–H and O–H groups in total. The van der Waals surface area contributed by atoms with Crippen LogP contribution in [0.15, 0.2) is 0 Å². The van der Waals surface area contributed by atoms with E-state index in [0.717, 1.165) is 5.25 Å². The molecule has 0 aromatic carbocycles. The summed E-state index contributed by atoms with van der Waals surface area (Å²) in [4.78, 5) is 0. The molecule has 0 unspecified atom stereocenters. The smallest absolute Gasteiger partial charge is 0.00864 e. The average Bonchev–Trinajstić information content (AvgIpc) is 1.61. The van der Waals surface area contributed by atoms with Crippen molar-refractivity contribution in [1.29, 1.82) is 0 Å². The van der Waals surface area contributed by atoms with Crippen LogP contribution in [0.1, 0.15) is 13.8 Å². The maximum absolute atomic E-state index is 2.40. The quantitative estimate of drug-likeness (QED) is 0.530. The van der Waals surface area contributed by atoms with E-state index < -0.39 is 0 Å². The van der Waals surface area contributed by atoms with Gasteiger partial charge in [0.1, 0.15) is 0 Å². The maximum atomic E-state index is 2.40. The summed E-state index contributed by atoms with van der Waals surface area (Å²) < 4.78 is 1.28. The summed E-state index contributed by atoms with van der Waals surface area (Å²) in [5, 5.41) is 0.815. The van der Waals surface area contributed by atoms with Gasteiger partial charge in [0.15, 0.2) is 0 Å². The molecule has 0 saturated heterocycles. The van der Waals surface area contributed by atoms with Crippen LogP contribution in [0.3, 0.4) is 0 Å². The van der Waals surface area contributed by atoms with E-state index in [2.05, 4.69) is 36.4 Å². The molecule has 0 heterocycles. The molecule has 0 aliphatic heterocycles. The van der Waals surface area contributed by atoms with Gasteiger partial charge in [0.05, 0.1) is 0 Å². The molecule has 0 radical (unpaired) electrons. The lowest BCUT2D eigenvalue weighted by Gasteiger charge is -1.98. The molecule has 0 rings (SSSR count). The zero-order valence-electron chi connectivity index (χ0n) is 4.78. The Balaban J connectivity index is 2.68. The zero-order valence-corrected chi connectivity index (χ0v) is 7.75. The lowest BCUT2D eigenvalue weighted by Crippen LogP contribution is -1.88. The van der Waals surface area contributed by atoms with Gasteiger partial charge in [-0.15, -0.1) is 0 Å². The Morgan fingerprint density at radius 1 is 1.57 bits per heavy atom. The fourth-order valence-electron chi connectivity index (χ4n) is 0.280. The largest absolute Gasteiger partial charge is 0.158 e. The van der Waals surface area contributed by atoms with Gasteiger partial charge in [0.25, 0.3) is 0 Å². The van der Waals surface area contributed by atoms with Crippen molar-refractivity contribution in [2.24, 2.45) is 0 Å². The molecule has 0 aliphatic rings. The Morgan fingerprint density at radius 3 is 2.29 bits per heavy atom. The minimum absolute atomic E-state index is 0.815. The van der Waals surface area contributed by atoms with E-state index in [1.54, 1.807) is 0 Å². The Bertz CT molecular complexity index is 37.1. The van der Waals surface area contributed by atoms with Crippen LogP contribution in [-0.4, -0.2) is 15.4 Å². The predicted octanol–water partition coefficient (Wildman–Crippen LogP) is 2.56. The predicted molar refractivity (Wildman–Crippen MR) is 46.5 cm³/mol. The number of thioether (sulfide) groups is 1. The summed E-state index contributed by atoms with van der Waals surface area (Å²) in [5.41, 5.74) is 0. The van der Waals surface area contributed by atoms with Gasteiger partial charge in [-0.3, -0.25) is 0 Å². The highest BCUT2D eigenvalue weighted by molar-refractivity contribution is 14.1. The maximum Gasteiger partial charge on any atom is 0.00864 e. The van der Waals surface area contributed by atoms with E-state index in [1.165, 1.54) is 10.2 Å². The van der Waals surface area contributed by atoms with Crippen molar-refractivity contribution in [3.63, 3.8) is 0 Å². The molecular formula is C5H11IS. The van der Waals surface area contributed by atoms with Crippen molar-refractivity contribution in [2.75, 3.05) is 10.2 Å². The van der Waals surface area contributed by atoms with Crippen LogP contribution >= 0.6 is 34.4 Å². The van der Waals surface area contributed by atoms with Gasteiger partial charge in [0.2, 0.25) is 0 Å². The van der Waals surface area contributed by atoms with Crippen LogP contribution in [0, 0.1) is 0 Å². The number of hydrogen-bond donors (Lipinski definition) is 0. The van der Waals surface area contributed by atoms with E-state index in [0.29, 0.717) is 0 Å². The first kappa shape index (κ1) is 8.08. The fraction of sp³-hybridized carbons (Fsp3) is 1.00.